The van der Waals surface area contributed by atoms with E-state index in [-0.39, 0.29) is 5.54 Å². The monoisotopic (exact) mass is 435 g/mol. The largest absolute Gasteiger partial charge is 0.359 e. The van der Waals surface area contributed by atoms with Gasteiger partial charge in [0.15, 0.2) is 0 Å². The van der Waals surface area contributed by atoms with Gasteiger partial charge in [0, 0.05) is 31.5 Å². The number of benzene rings is 2. The number of sulfonamides is 1. The van der Waals surface area contributed by atoms with Crippen molar-refractivity contribution in [3.05, 3.63) is 77.6 Å². The molecule has 0 amide bonds. The molecule has 0 saturated carbocycles. The van der Waals surface area contributed by atoms with Crippen LogP contribution >= 0.6 is 0 Å². The molecule has 0 atom stereocenters. The number of aryl methyl sites for hydroxylation is 2. The molecule has 2 aromatic carbocycles. The third kappa shape index (κ3) is 3.04. The minimum absolute atomic E-state index is 0.196. The van der Waals surface area contributed by atoms with Gasteiger partial charge in [-0.3, -0.25) is 0 Å². The minimum atomic E-state index is -3.48. The Morgan fingerprint density at radius 1 is 0.903 bits per heavy atom. The Hall–Kier alpha value is -2.57. The van der Waals surface area contributed by atoms with E-state index in [1.807, 2.05) is 19.1 Å². The Labute approximate surface area is 185 Å². The lowest BCUT2D eigenvalue weighted by molar-refractivity contribution is 0.215. The zero-order chi connectivity index (χ0) is 21.8. The van der Waals surface area contributed by atoms with Crippen molar-refractivity contribution in [1.29, 1.82) is 0 Å². The summed E-state index contributed by atoms with van der Waals surface area (Å²) < 4.78 is 30.5. The number of rotatable bonds is 3. The number of hydrogen-bond donors (Lipinski definition) is 0. The van der Waals surface area contributed by atoms with Gasteiger partial charge in [0.1, 0.15) is 0 Å². The van der Waals surface area contributed by atoms with Crippen molar-refractivity contribution in [2.45, 2.75) is 44.0 Å². The lowest BCUT2D eigenvalue weighted by Crippen LogP contribution is -2.56. The summed E-state index contributed by atoms with van der Waals surface area (Å²) in [6.07, 6.45) is 3.67. The first kappa shape index (κ1) is 20.3. The second-order valence-electron chi connectivity index (χ2n) is 8.75. The second-order valence-corrected chi connectivity index (χ2v) is 10.7. The number of nitrogens with zero attached hydrogens (tertiary/aromatic N) is 3. The Kier molecular flexibility index (Phi) is 4.75. The molecule has 0 radical (unpaired) electrons. The van der Waals surface area contributed by atoms with Gasteiger partial charge in [0.2, 0.25) is 10.0 Å². The Morgan fingerprint density at radius 3 is 2.26 bits per heavy atom. The van der Waals surface area contributed by atoms with Gasteiger partial charge in [-0.1, -0.05) is 23.8 Å². The van der Waals surface area contributed by atoms with Crippen LogP contribution in [0, 0.1) is 13.8 Å². The van der Waals surface area contributed by atoms with Crippen molar-refractivity contribution in [1.82, 2.24) is 8.87 Å². The first-order valence-electron chi connectivity index (χ1n) is 11.0. The molecular formula is C25H29N3O2S. The van der Waals surface area contributed by atoms with E-state index >= 15 is 0 Å². The predicted molar refractivity (Wildman–Crippen MR) is 124 cm³/mol. The fourth-order valence-electron chi connectivity index (χ4n) is 5.35. The zero-order valence-electron chi connectivity index (χ0n) is 18.4. The highest BCUT2D eigenvalue weighted by atomic mass is 32.2. The van der Waals surface area contributed by atoms with Crippen molar-refractivity contribution < 1.29 is 8.42 Å². The topological polar surface area (TPSA) is 45.5 Å². The maximum Gasteiger partial charge on any atom is 0.243 e. The Bertz CT molecular complexity index is 1220. The Morgan fingerprint density at radius 2 is 1.58 bits per heavy atom. The normalized spacial score (nSPS) is 18.1. The molecule has 1 fully saturated rings. The van der Waals surface area contributed by atoms with E-state index < -0.39 is 10.0 Å². The molecule has 1 spiro atoms. The molecule has 2 aliphatic rings. The van der Waals surface area contributed by atoms with Crippen LogP contribution in [-0.2, 0) is 15.6 Å². The van der Waals surface area contributed by atoms with Crippen LogP contribution in [0.25, 0.3) is 5.69 Å². The van der Waals surface area contributed by atoms with Crippen LogP contribution in [0.2, 0.25) is 0 Å². The van der Waals surface area contributed by atoms with Crippen LogP contribution in [0.4, 0.5) is 5.69 Å². The molecule has 3 heterocycles. The number of aromatic nitrogens is 1. The van der Waals surface area contributed by atoms with Gasteiger partial charge in [0.05, 0.1) is 21.8 Å². The van der Waals surface area contributed by atoms with E-state index in [1.165, 1.54) is 22.6 Å². The fourth-order valence-corrected chi connectivity index (χ4v) is 6.79. The molecule has 1 saturated heterocycles. The van der Waals surface area contributed by atoms with Crippen LogP contribution < -0.4 is 4.90 Å². The molecular weight excluding hydrogens is 406 g/mol. The minimum Gasteiger partial charge on any atom is -0.359 e. The average molecular weight is 436 g/mol. The molecule has 5 nitrogen and oxygen atoms in total. The highest BCUT2D eigenvalue weighted by molar-refractivity contribution is 7.89. The average Bonchev–Trinajstić information content (AvgIpc) is 3.26. The molecule has 1 aromatic heterocycles. The van der Waals surface area contributed by atoms with Crippen molar-refractivity contribution in [2.75, 3.05) is 24.5 Å². The maximum atomic E-state index is 13.3. The van der Waals surface area contributed by atoms with Gasteiger partial charge >= 0.3 is 0 Å². The lowest BCUT2D eigenvalue weighted by atomic mass is 9.81. The standard InChI is InChI=1S/C25H29N3O2S/c1-4-28-23-18-20(3)9-12-22(23)27-15-5-6-24(27)25(28)13-16-26(17-14-25)31(29,30)21-10-7-19(2)8-11-21/h5-12,15,18H,4,13-14,16-17H2,1-3H3. The molecule has 0 aliphatic carbocycles. The van der Waals surface area contributed by atoms with E-state index in [1.54, 1.807) is 16.4 Å². The third-order valence-electron chi connectivity index (χ3n) is 6.95. The Balaban J connectivity index is 1.51. The first-order chi connectivity index (χ1) is 14.9. The number of fused-ring (bicyclic) bond motifs is 4. The predicted octanol–water partition coefficient (Wildman–Crippen LogP) is 4.61. The SMILES string of the molecule is CCN1c2cc(C)ccc2-n2cccc2C12CCN(S(=O)(=O)c1ccc(C)cc1)CC2. The van der Waals surface area contributed by atoms with Gasteiger partial charge in [-0.25, -0.2) is 8.42 Å². The highest BCUT2D eigenvalue weighted by Crippen LogP contribution is 2.48. The van der Waals surface area contributed by atoms with Crippen molar-refractivity contribution >= 4 is 15.7 Å². The number of piperidine rings is 1. The van der Waals surface area contributed by atoms with E-state index in [4.69, 9.17) is 0 Å². The molecule has 0 N–H and O–H groups in total. The van der Waals surface area contributed by atoms with Crippen LogP contribution in [0.3, 0.4) is 0 Å². The molecule has 2 aliphatic heterocycles. The van der Waals surface area contributed by atoms with Crippen molar-refractivity contribution in [3.63, 3.8) is 0 Å². The summed E-state index contributed by atoms with van der Waals surface area (Å²) in [5.41, 5.74) is 5.81. The molecule has 3 aromatic rings. The molecule has 162 valence electrons. The maximum absolute atomic E-state index is 13.3. The second kappa shape index (κ2) is 7.24. The first-order valence-corrected chi connectivity index (χ1v) is 12.4. The molecule has 0 bridgehead atoms. The highest BCUT2D eigenvalue weighted by Gasteiger charge is 2.47. The van der Waals surface area contributed by atoms with Gasteiger partial charge in [-0.2, -0.15) is 4.31 Å². The van der Waals surface area contributed by atoms with E-state index in [0.717, 1.165) is 24.9 Å². The van der Waals surface area contributed by atoms with Crippen molar-refractivity contribution in [3.8, 4) is 5.69 Å². The summed E-state index contributed by atoms with van der Waals surface area (Å²) in [7, 11) is -3.48. The summed E-state index contributed by atoms with van der Waals surface area (Å²) in [6.45, 7) is 8.20. The van der Waals surface area contributed by atoms with Crippen LogP contribution in [0.1, 0.15) is 36.6 Å². The van der Waals surface area contributed by atoms with Gasteiger partial charge in [-0.15, -0.1) is 0 Å². The zero-order valence-corrected chi connectivity index (χ0v) is 19.2. The molecule has 5 rings (SSSR count). The lowest BCUT2D eigenvalue weighted by Gasteiger charge is -2.52. The summed E-state index contributed by atoms with van der Waals surface area (Å²) in [5.74, 6) is 0. The van der Waals surface area contributed by atoms with Crippen LogP contribution in [0.5, 0.6) is 0 Å². The summed E-state index contributed by atoms with van der Waals surface area (Å²) >= 11 is 0. The van der Waals surface area contributed by atoms with Crippen LogP contribution in [-0.4, -0.2) is 36.9 Å². The summed E-state index contributed by atoms with van der Waals surface area (Å²) in [4.78, 5) is 2.88. The number of hydrogen-bond acceptors (Lipinski definition) is 3. The molecule has 31 heavy (non-hydrogen) atoms. The smallest absolute Gasteiger partial charge is 0.243 e. The van der Waals surface area contributed by atoms with Gasteiger partial charge < -0.3 is 9.47 Å². The molecule has 6 heteroatoms. The van der Waals surface area contributed by atoms with E-state index in [9.17, 15) is 8.42 Å². The van der Waals surface area contributed by atoms with Gasteiger partial charge in [-0.05, 0) is 75.6 Å². The summed E-state index contributed by atoms with van der Waals surface area (Å²) in [6, 6.07) is 18.1. The van der Waals surface area contributed by atoms with Crippen molar-refractivity contribution in [2.24, 2.45) is 0 Å². The fraction of sp³-hybridized carbons (Fsp3) is 0.360. The quantitative estimate of drug-likeness (QED) is 0.603. The third-order valence-corrected chi connectivity index (χ3v) is 8.86. The number of anilines is 1. The summed E-state index contributed by atoms with van der Waals surface area (Å²) in [5, 5.41) is 0. The molecule has 0 unspecified atom stereocenters. The van der Waals surface area contributed by atoms with Crippen LogP contribution in [0.15, 0.2) is 65.7 Å². The van der Waals surface area contributed by atoms with E-state index in [2.05, 4.69) is 59.8 Å². The van der Waals surface area contributed by atoms with Gasteiger partial charge in [0.25, 0.3) is 0 Å². The van der Waals surface area contributed by atoms with E-state index in [0.29, 0.717) is 18.0 Å².